The Balaban J connectivity index is 4.45. The topological polar surface area (TPSA) is 172 Å². The van der Waals surface area contributed by atoms with Crippen LogP contribution in [0.2, 0.25) is 0 Å². The molecule has 4 N–H and O–H groups in total. The average Bonchev–Trinajstić information content (AvgIpc) is 3.20. The van der Waals surface area contributed by atoms with Gasteiger partial charge in [0.05, 0.1) is 13.2 Å². The standard InChI is InChI=1S/C46H80NO10P/c1-3-5-7-9-11-13-15-17-19-20-21-22-24-26-28-30-32-34-36-38-45(49)57-42(40-55-58(52,53)56-41-43(47)46(50)51)39-54-44(48)37-35-33-31-29-27-25-23-18-16-14-12-10-8-6-4-2/h11,13,17,19,21-22,25-28,42-43H,3-10,12,14-16,18,20,23-24,29-41,47H2,1-2H3,(H,50,51)(H,52,53)/b13-11+,19-17+,22-21+,27-25+,28-26+/t42-,43+/m1/s1. The van der Waals surface area contributed by atoms with Gasteiger partial charge in [0.15, 0.2) is 6.10 Å². The molecule has 0 heterocycles. The number of phosphoric acid groups is 1. The van der Waals surface area contributed by atoms with Crippen LogP contribution in [-0.4, -0.2) is 59.9 Å². The van der Waals surface area contributed by atoms with E-state index in [1.807, 2.05) is 0 Å². The van der Waals surface area contributed by atoms with Crippen LogP contribution in [0.25, 0.3) is 0 Å². The van der Waals surface area contributed by atoms with Crippen molar-refractivity contribution >= 4 is 25.7 Å². The van der Waals surface area contributed by atoms with E-state index in [1.54, 1.807) is 0 Å². The molecule has 0 bridgehead atoms. The maximum absolute atomic E-state index is 12.6. The van der Waals surface area contributed by atoms with Crippen molar-refractivity contribution in [2.45, 2.75) is 193 Å². The first kappa shape index (κ1) is 55.2. The number of hydrogen-bond acceptors (Lipinski definition) is 9. The maximum atomic E-state index is 12.6. The van der Waals surface area contributed by atoms with Gasteiger partial charge < -0.3 is 25.2 Å². The van der Waals surface area contributed by atoms with Crippen molar-refractivity contribution in [3.8, 4) is 0 Å². The molecule has 0 radical (unpaired) electrons. The van der Waals surface area contributed by atoms with E-state index in [9.17, 15) is 23.8 Å². The summed E-state index contributed by atoms with van der Waals surface area (Å²) in [5, 5.41) is 8.89. The Labute approximate surface area is 351 Å². The molecule has 0 aromatic heterocycles. The van der Waals surface area contributed by atoms with Gasteiger partial charge in [-0.15, -0.1) is 0 Å². The van der Waals surface area contributed by atoms with E-state index in [4.69, 9.17) is 24.8 Å². The summed E-state index contributed by atoms with van der Waals surface area (Å²) in [7, 11) is -4.73. The van der Waals surface area contributed by atoms with Crippen LogP contribution < -0.4 is 5.73 Å². The lowest BCUT2D eigenvalue weighted by Gasteiger charge is -2.20. The molecule has 0 fully saturated rings. The highest BCUT2D eigenvalue weighted by molar-refractivity contribution is 7.47. The first-order chi connectivity index (χ1) is 28.1. The molecule has 0 aliphatic heterocycles. The van der Waals surface area contributed by atoms with E-state index in [-0.39, 0.29) is 19.4 Å². The lowest BCUT2D eigenvalue weighted by Crippen LogP contribution is -2.34. The van der Waals surface area contributed by atoms with E-state index in [0.29, 0.717) is 12.8 Å². The molecule has 0 spiro atoms. The fraction of sp³-hybridized carbons (Fsp3) is 0.717. The lowest BCUT2D eigenvalue weighted by molar-refractivity contribution is -0.161. The summed E-state index contributed by atoms with van der Waals surface area (Å²) in [6.07, 6.45) is 47.1. The summed E-state index contributed by atoms with van der Waals surface area (Å²) in [5.74, 6) is -2.44. The highest BCUT2D eigenvalue weighted by atomic mass is 31.2. The Morgan fingerprint density at radius 1 is 0.534 bits per heavy atom. The highest BCUT2D eigenvalue weighted by Gasteiger charge is 2.28. The number of unbranched alkanes of at least 4 members (excludes halogenated alkanes) is 17. The monoisotopic (exact) mass is 838 g/mol. The molecular formula is C46H80NO10P. The van der Waals surface area contributed by atoms with Crippen molar-refractivity contribution in [1.29, 1.82) is 0 Å². The average molecular weight is 838 g/mol. The zero-order valence-corrected chi connectivity index (χ0v) is 37.0. The molecule has 1 unspecified atom stereocenters. The number of aliphatic carboxylic acids is 1. The van der Waals surface area contributed by atoms with Crippen LogP contribution in [0.4, 0.5) is 0 Å². The molecule has 0 amide bonds. The molecule has 0 aliphatic rings. The minimum atomic E-state index is -4.73. The molecule has 58 heavy (non-hydrogen) atoms. The second kappa shape index (κ2) is 40.9. The summed E-state index contributed by atoms with van der Waals surface area (Å²) in [6, 6.07) is -1.53. The van der Waals surface area contributed by atoms with E-state index in [1.165, 1.54) is 77.0 Å². The fourth-order valence-corrected chi connectivity index (χ4v) is 6.47. The first-order valence-corrected chi connectivity index (χ1v) is 23.8. The Hall–Kier alpha value is -2.82. The molecule has 0 saturated carbocycles. The van der Waals surface area contributed by atoms with Crippen molar-refractivity contribution in [2.75, 3.05) is 19.8 Å². The summed E-state index contributed by atoms with van der Waals surface area (Å²) in [4.78, 5) is 46.0. The highest BCUT2D eigenvalue weighted by Crippen LogP contribution is 2.43. The van der Waals surface area contributed by atoms with Gasteiger partial charge in [0.1, 0.15) is 12.6 Å². The maximum Gasteiger partial charge on any atom is 0.472 e. The third-order valence-corrected chi connectivity index (χ3v) is 10.2. The van der Waals surface area contributed by atoms with Crippen molar-refractivity contribution in [3.05, 3.63) is 60.8 Å². The van der Waals surface area contributed by atoms with E-state index < -0.39 is 51.1 Å². The summed E-state index contributed by atoms with van der Waals surface area (Å²) >= 11 is 0. The molecule has 12 heteroatoms. The minimum Gasteiger partial charge on any atom is -0.480 e. The number of carboxylic acids is 1. The quantitative estimate of drug-likeness (QED) is 0.0231. The molecule has 3 atom stereocenters. The van der Waals surface area contributed by atoms with Crippen LogP contribution in [0, 0.1) is 0 Å². The first-order valence-electron chi connectivity index (χ1n) is 22.3. The number of carboxylic acid groups (broad SMARTS) is 1. The Morgan fingerprint density at radius 3 is 1.41 bits per heavy atom. The number of hydrogen-bond donors (Lipinski definition) is 3. The molecule has 0 rings (SSSR count). The summed E-state index contributed by atoms with van der Waals surface area (Å²) < 4.78 is 32.7. The number of esters is 2. The van der Waals surface area contributed by atoms with Crippen LogP contribution in [0.15, 0.2) is 60.8 Å². The van der Waals surface area contributed by atoms with E-state index in [0.717, 1.165) is 64.2 Å². The molecular weight excluding hydrogens is 757 g/mol. The third-order valence-electron chi connectivity index (χ3n) is 9.24. The van der Waals surface area contributed by atoms with E-state index >= 15 is 0 Å². The van der Waals surface area contributed by atoms with Crippen LogP contribution in [0.1, 0.15) is 181 Å². The van der Waals surface area contributed by atoms with Gasteiger partial charge in [0, 0.05) is 12.8 Å². The molecule has 0 saturated heterocycles. The normalized spacial score (nSPS) is 14.3. The van der Waals surface area contributed by atoms with Crippen molar-refractivity contribution in [1.82, 2.24) is 0 Å². The number of rotatable bonds is 41. The molecule has 334 valence electrons. The summed E-state index contributed by atoms with van der Waals surface area (Å²) in [6.45, 7) is 2.72. The number of ether oxygens (including phenoxy) is 2. The number of phosphoric ester groups is 1. The van der Waals surface area contributed by atoms with Gasteiger partial charge >= 0.3 is 25.7 Å². The third kappa shape index (κ3) is 40.0. The number of carbonyl (C=O) groups excluding carboxylic acids is 2. The van der Waals surface area contributed by atoms with Gasteiger partial charge in [-0.1, -0.05) is 145 Å². The minimum absolute atomic E-state index is 0.118. The predicted molar refractivity (Wildman–Crippen MR) is 235 cm³/mol. The SMILES string of the molecule is CCCCC/C=C/C/C=C/C/C=C/C/C=C/CCCCCC(=O)O[C@H](COC(=O)CCCCC/C=C/CCCCCCCCCC)COP(=O)(O)OC[C@H](N)C(=O)O. The Morgan fingerprint density at radius 2 is 0.914 bits per heavy atom. The van der Waals surface area contributed by atoms with Crippen molar-refractivity contribution in [2.24, 2.45) is 5.73 Å². The number of nitrogens with two attached hydrogens (primary N) is 1. The zero-order chi connectivity index (χ0) is 42.8. The summed E-state index contributed by atoms with van der Waals surface area (Å²) in [5.41, 5.74) is 5.33. The molecule has 0 aromatic rings. The largest absolute Gasteiger partial charge is 0.480 e. The van der Waals surface area contributed by atoms with Crippen LogP contribution in [0.5, 0.6) is 0 Å². The van der Waals surface area contributed by atoms with Gasteiger partial charge in [-0.05, 0) is 83.5 Å². The molecule has 0 aromatic carbocycles. The number of carbonyl (C=O) groups is 3. The van der Waals surface area contributed by atoms with Gasteiger partial charge in [-0.25, -0.2) is 4.57 Å². The van der Waals surface area contributed by atoms with Gasteiger partial charge in [-0.2, -0.15) is 0 Å². The van der Waals surface area contributed by atoms with Gasteiger partial charge in [0.2, 0.25) is 0 Å². The fourth-order valence-electron chi connectivity index (χ4n) is 5.69. The van der Waals surface area contributed by atoms with Crippen LogP contribution >= 0.6 is 7.82 Å². The Kier molecular flexibility index (Phi) is 38.9. The van der Waals surface area contributed by atoms with Crippen molar-refractivity contribution in [3.63, 3.8) is 0 Å². The Bertz CT molecular complexity index is 1210. The smallest absolute Gasteiger partial charge is 0.472 e. The second-order valence-electron chi connectivity index (χ2n) is 14.8. The number of allylic oxidation sites excluding steroid dienone is 10. The van der Waals surface area contributed by atoms with Crippen molar-refractivity contribution < 1.29 is 47.5 Å². The van der Waals surface area contributed by atoms with Crippen LogP contribution in [-0.2, 0) is 37.5 Å². The van der Waals surface area contributed by atoms with E-state index in [2.05, 4.69) is 79.1 Å². The second-order valence-corrected chi connectivity index (χ2v) is 16.3. The zero-order valence-electron chi connectivity index (χ0n) is 36.1. The van der Waals surface area contributed by atoms with Crippen LogP contribution in [0.3, 0.4) is 0 Å². The molecule has 11 nitrogen and oxygen atoms in total. The predicted octanol–water partition coefficient (Wildman–Crippen LogP) is 12.0. The molecule has 0 aliphatic carbocycles. The van der Waals surface area contributed by atoms with Gasteiger partial charge in [-0.3, -0.25) is 23.4 Å². The lowest BCUT2D eigenvalue weighted by atomic mass is 10.1. The van der Waals surface area contributed by atoms with Gasteiger partial charge in [0.25, 0.3) is 0 Å².